The Hall–Kier alpha value is -0.630. The zero-order chi connectivity index (χ0) is 14.5. The molecule has 1 atom stereocenters. The standard InChI is InChI=1S/C11H16ClNO4S2/c1-8(7-17-2)6-13-10(14)5-9-3-4-11(18-9)19(12,15)16/h3-4,8H,5-7H2,1-2H3,(H,13,14). The monoisotopic (exact) mass is 325 g/mol. The number of rotatable bonds is 7. The van der Waals surface area contributed by atoms with Crippen LogP contribution in [0.4, 0.5) is 0 Å². The second kappa shape index (κ2) is 7.23. The van der Waals surface area contributed by atoms with E-state index in [1.807, 2.05) is 6.92 Å². The molecule has 0 bridgehead atoms. The van der Waals surface area contributed by atoms with Crippen LogP contribution in [-0.4, -0.2) is 34.6 Å². The zero-order valence-corrected chi connectivity index (χ0v) is 13.1. The fourth-order valence-electron chi connectivity index (χ4n) is 1.44. The average molecular weight is 326 g/mol. The molecular formula is C11H16ClNO4S2. The van der Waals surface area contributed by atoms with E-state index in [4.69, 9.17) is 15.4 Å². The third-order valence-electron chi connectivity index (χ3n) is 2.31. The van der Waals surface area contributed by atoms with Gasteiger partial charge in [0.1, 0.15) is 4.21 Å². The van der Waals surface area contributed by atoms with Crippen molar-refractivity contribution >= 4 is 37.0 Å². The first-order valence-corrected chi connectivity index (χ1v) is 8.74. The van der Waals surface area contributed by atoms with Crippen molar-refractivity contribution in [3.05, 3.63) is 17.0 Å². The molecule has 0 saturated heterocycles. The van der Waals surface area contributed by atoms with Crippen LogP contribution in [0, 0.1) is 5.92 Å². The Morgan fingerprint density at radius 1 is 1.53 bits per heavy atom. The van der Waals surface area contributed by atoms with Gasteiger partial charge >= 0.3 is 0 Å². The van der Waals surface area contributed by atoms with Gasteiger partial charge in [0.15, 0.2) is 0 Å². The predicted molar refractivity (Wildman–Crippen MR) is 75.1 cm³/mol. The van der Waals surface area contributed by atoms with Crippen molar-refractivity contribution in [2.45, 2.75) is 17.6 Å². The van der Waals surface area contributed by atoms with Crippen LogP contribution in [-0.2, 0) is 25.0 Å². The second-order valence-electron chi connectivity index (χ2n) is 4.20. The van der Waals surface area contributed by atoms with Crippen molar-refractivity contribution < 1.29 is 17.9 Å². The molecule has 0 aliphatic heterocycles. The fraction of sp³-hybridized carbons (Fsp3) is 0.545. The van der Waals surface area contributed by atoms with Crippen molar-refractivity contribution in [2.24, 2.45) is 5.92 Å². The molecule has 0 saturated carbocycles. The molecule has 0 aromatic carbocycles. The largest absolute Gasteiger partial charge is 0.384 e. The van der Waals surface area contributed by atoms with Crippen LogP contribution in [0.1, 0.15) is 11.8 Å². The summed E-state index contributed by atoms with van der Waals surface area (Å²) in [4.78, 5) is 12.3. The topological polar surface area (TPSA) is 72.5 Å². The first kappa shape index (κ1) is 16.4. The molecule has 8 heteroatoms. The molecular weight excluding hydrogens is 310 g/mol. The van der Waals surface area contributed by atoms with Crippen molar-refractivity contribution in [3.8, 4) is 0 Å². The lowest BCUT2D eigenvalue weighted by molar-refractivity contribution is -0.120. The van der Waals surface area contributed by atoms with E-state index in [1.165, 1.54) is 6.07 Å². The lowest BCUT2D eigenvalue weighted by Gasteiger charge is -2.10. The summed E-state index contributed by atoms with van der Waals surface area (Å²) in [6.07, 6.45) is 0.150. The number of hydrogen-bond donors (Lipinski definition) is 1. The molecule has 108 valence electrons. The number of ether oxygens (including phenoxy) is 1. The lowest BCUT2D eigenvalue weighted by atomic mass is 10.2. The van der Waals surface area contributed by atoms with Gasteiger partial charge in [0, 0.05) is 29.2 Å². The third kappa shape index (κ3) is 5.90. The Bertz CT molecular complexity index is 527. The van der Waals surface area contributed by atoms with Crippen LogP contribution in [0.15, 0.2) is 16.3 Å². The highest BCUT2D eigenvalue weighted by atomic mass is 35.7. The van der Waals surface area contributed by atoms with Crippen LogP contribution in [0.5, 0.6) is 0 Å². The van der Waals surface area contributed by atoms with Crippen LogP contribution >= 0.6 is 22.0 Å². The average Bonchev–Trinajstić information content (AvgIpc) is 2.75. The van der Waals surface area contributed by atoms with E-state index in [1.54, 1.807) is 13.2 Å². The number of amides is 1. The molecule has 1 unspecified atom stereocenters. The highest BCUT2D eigenvalue weighted by Crippen LogP contribution is 2.24. The first-order chi connectivity index (χ1) is 8.82. The molecule has 19 heavy (non-hydrogen) atoms. The summed E-state index contributed by atoms with van der Waals surface area (Å²) in [7, 11) is 3.11. The Morgan fingerprint density at radius 3 is 2.74 bits per heavy atom. The summed E-state index contributed by atoms with van der Waals surface area (Å²) in [5.41, 5.74) is 0. The molecule has 0 fully saturated rings. The summed E-state index contributed by atoms with van der Waals surface area (Å²) in [5, 5.41) is 2.77. The second-order valence-corrected chi connectivity index (χ2v) is 8.16. The van der Waals surface area contributed by atoms with E-state index in [-0.39, 0.29) is 22.5 Å². The lowest BCUT2D eigenvalue weighted by Crippen LogP contribution is -2.30. The maximum Gasteiger partial charge on any atom is 0.270 e. The molecule has 1 amide bonds. The Labute approximate surface area is 121 Å². The van der Waals surface area contributed by atoms with E-state index >= 15 is 0 Å². The summed E-state index contributed by atoms with van der Waals surface area (Å²) in [6, 6.07) is 3.00. The maximum atomic E-state index is 11.7. The zero-order valence-electron chi connectivity index (χ0n) is 10.7. The van der Waals surface area contributed by atoms with Gasteiger partial charge in [-0.15, -0.1) is 11.3 Å². The third-order valence-corrected chi connectivity index (χ3v) is 5.49. The van der Waals surface area contributed by atoms with Crippen molar-refractivity contribution in [1.82, 2.24) is 5.32 Å². The van der Waals surface area contributed by atoms with Crippen LogP contribution in [0.3, 0.4) is 0 Å². The van der Waals surface area contributed by atoms with E-state index in [0.717, 1.165) is 11.3 Å². The van der Waals surface area contributed by atoms with Crippen molar-refractivity contribution in [3.63, 3.8) is 0 Å². The molecule has 0 aliphatic rings. The van der Waals surface area contributed by atoms with Crippen LogP contribution in [0.2, 0.25) is 0 Å². The summed E-state index contributed by atoms with van der Waals surface area (Å²) in [6.45, 7) is 3.07. The quantitative estimate of drug-likeness (QED) is 0.773. The molecule has 5 nitrogen and oxygen atoms in total. The van der Waals surface area contributed by atoms with Gasteiger partial charge < -0.3 is 10.1 Å². The van der Waals surface area contributed by atoms with Gasteiger partial charge in [-0.2, -0.15) is 0 Å². The van der Waals surface area contributed by atoms with Gasteiger partial charge in [-0.05, 0) is 18.1 Å². The van der Waals surface area contributed by atoms with Gasteiger partial charge in [0.25, 0.3) is 9.05 Å². The number of nitrogens with one attached hydrogen (secondary N) is 1. The number of halogens is 1. The van der Waals surface area contributed by atoms with Crippen LogP contribution < -0.4 is 5.32 Å². The Morgan fingerprint density at radius 2 is 2.21 bits per heavy atom. The molecule has 1 heterocycles. The van der Waals surface area contributed by atoms with E-state index < -0.39 is 9.05 Å². The Kier molecular flexibility index (Phi) is 6.25. The molecule has 1 N–H and O–H groups in total. The maximum absolute atomic E-state index is 11.7. The first-order valence-electron chi connectivity index (χ1n) is 5.62. The van der Waals surface area contributed by atoms with Gasteiger partial charge in [-0.3, -0.25) is 4.79 Å². The number of methoxy groups -OCH3 is 1. The normalized spacial score (nSPS) is 13.2. The highest BCUT2D eigenvalue weighted by molar-refractivity contribution is 8.15. The minimum absolute atomic E-state index is 0.0599. The van der Waals surface area contributed by atoms with Crippen molar-refractivity contribution in [1.29, 1.82) is 0 Å². The van der Waals surface area contributed by atoms with Crippen LogP contribution in [0.25, 0.3) is 0 Å². The van der Waals surface area contributed by atoms with E-state index in [0.29, 0.717) is 18.0 Å². The van der Waals surface area contributed by atoms with Gasteiger partial charge in [-0.1, -0.05) is 6.92 Å². The smallest absolute Gasteiger partial charge is 0.270 e. The summed E-state index contributed by atoms with van der Waals surface area (Å²) in [5.74, 6) is 0.0828. The summed E-state index contributed by atoms with van der Waals surface area (Å²) >= 11 is 1.01. The van der Waals surface area contributed by atoms with Gasteiger partial charge in [0.05, 0.1) is 13.0 Å². The number of carbonyl (C=O) groups excluding carboxylic acids is 1. The molecule has 0 spiro atoms. The molecule has 1 rings (SSSR count). The van der Waals surface area contributed by atoms with Crippen molar-refractivity contribution in [2.75, 3.05) is 20.3 Å². The number of hydrogen-bond acceptors (Lipinski definition) is 5. The molecule has 1 aromatic heterocycles. The van der Waals surface area contributed by atoms with E-state index in [9.17, 15) is 13.2 Å². The fourth-order valence-corrected chi connectivity index (χ4v) is 3.56. The van der Waals surface area contributed by atoms with Gasteiger partial charge in [0.2, 0.25) is 5.91 Å². The molecule has 1 aromatic rings. The molecule has 0 radical (unpaired) electrons. The Balaban J connectivity index is 2.47. The van der Waals surface area contributed by atoms with E-state index in [2.05, 4.69) is 5.32 Å². The number of carbonyl (C=O) groups is 1. The van der Waals surface area contributed by atoms with Gasteiger partial charge in [-0.25, -0.2) is 8.42 Å². The molecule has 0 aliphatic carbocycles. The SMILES string of the molecule is COCC(C)CNC(=O)Cc1ccc(S(=O)(=O)Cl)s1. The minimum Gasteiger partial charge on any atom is -0.384 e. The summed E-state index contributed by atoms with van der Waals surface area (Å²) < 4.78 is 27.2. The number of thiophene rings is 1. The highest BCUT2D eigenvalue weighted by Gasteiger charge is 2.14. The minimum atomic E-state index is -3.71. The predicted octanol–water partition coefficient (Wildman–Crippen LogP) is 1.62.